The van der Waals surface area contributed by atoms with Crippen molar-refractivity contribution in [1.82, 2.24) is 4.98 Å². The molecule has 5 nitrogen and oxygen atoms in total. The van der Waals surface area contributed by atoms with Crippen molar-refractivity contribution in [3.05, 3.63) is 121 Å². The lowest BCUT2D eigenvalue weighted by atomic mass is 10.0. The Morgan fingerprint density at radius 2 is 1.11 bits per heavy atom. The van der Waals surface area contributed by atoms with Gasteiger partial charge in [-0.1, -0.05) is 54.6 Å². The van der Waals surface area contributed by atoms with Crippen molar-refractivity contribution in [2.24, 2.45) is 0 Å². The Labute approximate surface area is 208 Å². The maximum atomic E-state index is 11.1. The van der Waals surface area contributed by atoms with Crippen LogP contribution in [0.1, 0.15) is 0 Å². The number of nitrogens with zero attached hydrogens (tertiary/aromatic N) is 3. The minimum Gasteiger partial charge on any atom is -0.507 e. The molecular formula is C31H21N3O2. The van der Waals surface area contributed by atoms with E-state index in [4.69, 9.17) is 4.42 Å². The van der Waals surface area contributed by atoms with Gasteiger partial charge in [0.1, 0.15) is 11.3 Å². The molecule has 0 aliphatic carbocycles. The highest BCUT2D eigenvalue weighted by molar-refractivity contribution is 6.01. The van der Waals surface area contributed by atoms with Gasteiger partial charge in [-0.05, 0) is 60.7 Å². The summed E-state index contributed by atoms with van der Waals surface area (Å²) < 4.78 is 5.90. The second-order valence-corrected chi connectivity index (χ2v) is 8.67. The van der Waals surface area contributed by atoms with Crippen molar-refractivity contribution in [2.45, 2.75) is 0 Å². The molecule has 0 saturated heterocycles. The van der Waals surface area contributed by atoms with E-state index in [1.54, 1.807) is 6.07 Å². The van der Waals surface area contributed by atoms with Crippen LogP contribution in [-0.4, -0.2) is 10.1 Å². The first-order valence-electron chi connectivity index (χ1n) is 11.8. The Kier molecular flexibility index (Phi) is 4.54. The highest BCUT2D eigenvalue weighted by Gasteiger charge is 2.30. The number of rotatable bonds is 3. The fourth-order valence-electron chi connectivity index (χ4n) is 4.90. The fourth-order valence-corrected chi connectivity index (χ4v) is 4.90. The molecule has 0 amide bonds. The topological polar surface area (TPSA) is 52.7 Å². The van der Waals surface area contributed by atoms with E-state index in [1.807, 2.05) is 54.6 Å². The molecule has 172 valence electrons. The third-order valence-electron chi connectivity index (χ3n) is 6.51. The van der Waals surface area contributed by atoms with Crippen molar-refractivity contribution < 1.29 is 9.52 Å². The van der Waals surface area contributed by atoms with E-state index < -0.39 is 0 Å². The molecule has 1 aromatic heterocycles. The van der Waals surface area contributed by atoms with Gasteiger partial charge >= 0.3 is 0 Å². The number of hydrogen-bond acceptors (Lipinski definition) is 5. The highest BCUT2D eigenvalue weighted by Crippen LogP contribution is 2.54. The van der Waals surface area contributed by atoms with Gasteiger partial charge in [-0.15, -0.1) is 0 Å². The van der Waals surface area contributed by atoms with Crippen LogP contribution in [0.2, 0.25) is 0 Å². The molecule has 0 radical (unpaired) electrons. The Morgan fingerprint density at radius 1 is 0.556 bits per heavy atom. The number of phenolic OH excluding ortho intramolecular Hbond substituents is 1. The minimum absolute atomic E-state index is 0.111. The summed E-state index contributed by atoms with van der Waals surface area (Å²) in [4.78, 5) is 9.01. The van der Waals surface area contributed by atoms with Crippen LogP contribution in [0.3, 0.4) is 0 Å². The average Bonchev–Trinajstić information content (AvgIpc) is 3.36. The Hall–Kier alpha value is -5.03. The lowest BCUT2D eigenvalue weighted by Crippen LogP contribution is -2.23. The van der Waals surface area contributed by atoms with Gasteiger partial charge < -0.3 is 19.3 Å². The van der Waals surface area contributed by atoms with Crippen LogP contribution >= 0.6 is 0 Å². The summed E-state index contributed by atoms with van der Waals surface area (Å²) in [6, 6.07) is 40.2. The predicted octanol–water partition coefficient (Wildman–Crippen LogP) is 8.45. The summed E-state index contributed by atoms with van der Waals surface area (Å²) in [6.45, 7) is 0. The van der Waals surface area contributed by atoms with Crippen LogP contribution < -0.4 is 9.80 Å². The summed E-state index contributed by atoms with van der Waals surface area (Å²) >= 11 is 0. The molecular weight excluding hydrogens is 446 g/mol. The number of hydrogen-bond donors (Lipinski definition) is 1. The third-order valence-corrected chi connectivity index (χ3v) is 6.51. The smallest absolute Gasteiger partial charge is 0.231 e. The first kappa shape index (κ1) is 20.4. The Bertz CT molecular complexity index is 1640. The van der Waals surface area contributed by atoms with Gasteiger partial charge in [0.05, 0.1) is 34.0 Å². The maximum Gasteiger partial charge on any atom is 0.231 e. The van der Waals surface area contributed by atoms with Crippen LogP contribution in [0, 0.1) is 0 Å². The van der Waals surface area contributed by atoms with E-state index >= 15 is 0 Å². The molecule has 7 rings (SSSR count). The van der Waals surface area contributed by atoms with E-state index in [0.717, 1.165) is 39.6 Å². The van der Waals surface area contributed by atoms with Gasteiger partial charge in [0.15, 0.2) is 5.58 Å². The molecule has 5 heteroatoms. The lowest BCUT2D eigenvalue weighted by Gasteiger charge is -2.40. The molecule has 0 saturated carbocycles. The molecule has 6 aromatic rings. The van der Waals surface area contributed by atoms with Gasteiger partial charge in [-0.25, -0.2) is 4.98 Å². The van der Waals surface area contributed by atoms with E-state index in [1.165, 1.54) is 0 Å². The summed E-state index contributed by atoms with van der Waals surface area (Å²) in [5.41, 5.74) is 8.11. The molecule has 1 N–H and O–H groups in total. The number of anilines is 6. The largest absolute Gasteiger partial charge is 0.507 e. The standard InChI is InChI=1S/C31H21N3O2/c35-29-20-22(18-19-23(29)31-32-24-12-4-9-17-30(24)36-31)34-27-15-7-5-13-25(27)33(21-10-2-1-3-11-21)26-14-6-8-16-28(26)34/h1-20,35H. The molecule has 0 fully saturated rings. The first-order chi connectivity index (χ1) is 17.8. The monoisotopic (exact) mass is 467 g/mol. The van der Waals surface area contributed by atoms with Crippen LogP contribution in [0.15, 0.2) is 126 Å². The van der Waals surface area contributed by atoms with Gasteiger partial charge in [-0.2, -0.15) is 0 Å². The van der Waals surface area contributed by atoms with Crippen molar-refractivity contribution in [3.8, 4) is 17.2 Å². The van der Waals surface area contributed by atoms with Crippen molar-refractivity contribution in [2.75, 3.05) is 9.80 Å². The quantitative estimate of drug-likeness (QED) is 0.282. The van der Waals surface area contributed by atoms with Crippen molar-refractivity contribution in [3.63, 3.8) is 0 Å². The van der Waals surface area contributed by atoms with E-state index in [0.29, 0.717) is 17.0 Å². The maximum absolute atomic E-state index is 11.1. The van der Waals surface area contributed by atoms with E-state index in [2.05, 4.69) is 75.4 Å². The normalized spacial score (nSPS) is 12.4. The van der Waals surface area contributed by atoms with Crippen LogP contribution in [-0.2, 0) is 0 Å². The summed E-state index contributed by atoms with van der Waals surface area (Å²) in [7, 11) is 0. The summed E-state index contributed by atoms with van der Waals surface area (Å²) in [5.74, 6) is 0.509. The van der Waals surface area contributed by atoms with Crippen molar-refractivity contribution >= 4 is 45.2 Å². The highest BCUT2D eigenvalue weighted by atomic mass is 16.3. The molecule has 5 aromatic carbocycles. The first-order valence-corrected chi connectivity index (χ1v) is 11.8. The zero-order valence-corrected chi connectivity index (χ0v) is 19.2. The van der Waals surface area contributed by atoms with Gasteiger partial charge in [-0.3, -0.25) is 0 Å². The van der Waals surface area contributed by atoms with Crippen LogP contribution in [0.25, 0.3) is 22.6 Å². The molecule has 1 aliphatic rings. The number of aromatic hydroxyl groups is 1. The number of aromatic nitrogens is 1. The fraction of sp³-hybridized carbons (Fsp3) is 0. The molecule has 0 spiro atoms. The SMILES string of the molecule is Oc1cc(N2c3ccccc3N(c3ccccc3)c3ccccc32)ccc1-c1nc2ccccc2o1. The Morgan fingerprint density at radius 3 is 1.72 bits per heavy atom. The summed E-state index contributed by atoms with van der Waals surface area (Å²) in [5, 5.41) is 11.1. The molecule has 1 aliphatic heterocycles. The third kappa shape index (κ3) is 3.14. The molecule has 0 atom stereocenters. The van der Waals surface area contributed by atoms with Crippen LogP contribution in [0.4, 0.5) is 34.1 Å². The van der Waals surface area contributed by atoms with Gasteiger partial charge in [0.2, 0.25) is 5.89 Å². The number of fused-ring (bicyclic) bond motifs is 3. The number of benzene rings is 5. The number of para-hydroxylation sites is 7. The van der Waals surface area contributed by atoms with Crippen LogP contribution in [0.5, 0.6) is 5.75 Å². The molecule has 36 heavy (non-hydrogen) atoms. The summed E-state index contributed by atoms with van der Waals surface area (Å²) in [6.07, 6.45) is 0. The predicted molar refractivity (Wildman–Crippen MR) is 144 cm³/mol. The second kappa shape index (κ2) is 8.03. The van der Waals surface area contributed by atoms with E-state index in [-0.39, 0.29) is 5.75 Å². The van der Waals surface area contributed by atoms with Crippen molar-refractivity contribution in [1.29, 1.82) is 0 Å². The Balaban J connectivity index is 1.38. The average molecular weight is 468 g/mol. The van der Waals surface area contributed by atoms with Gasteiger partial charge in [0.25, 0.3) is 0 Å². The zero-order chi connectivity index (χ0) is 24.1. The number of oxazole rings is 1. The zero-order valence-electron chi connectivity index (χ0n) is 19.2. The molecule has 0 bridgehead atoms. The minimum atomic E-state index is 0.111. The molecule has 0 unspecified atom stereocenters. The lowest BCUT2D eigenvalue weighted by molar-refractivity contribution is 0.474. The number of phenols is 1. The second-order valence-electron chi connectivity index (χ2n) is 8.67. The van der Waals surface area contributed by atoms with E-state index in [9.17, 15) is 5.11 Å². The van der Waals surface area contributed by atoms with Gasteiger partial charge in [0, 0.05) is 11.8 Å². The molecule has 2 heterocycles.